The summed E-state index contributed by atoms with van der Waals surface area (Å²) < 4.78 is 38.6. The molecule has 1 aromatic carbocycles. The van der Waals surface area contributed by atoms with E-state index >= 15 is 0 Å². The zero-order chi connectivity index (χ0) is 21.0. The number of halogens is 3. The number of hydrogen-bond donors (Lipinski definition) is 2. The van der Waals surface area contributed by atoms with Crippen LogP contribution in [0.25, 0.3) is 11.4 Å². The molecule has 29 heavy (non-hydrogen) atoms. The third kappa shape index (κ3) is 5.24. The molecule has 0 amide bonds. The van der Waals surface area contributed by atoms with Gasteiger partial charge in [-0.2, -0.15) is 18.3 Å². The third-order valence-corrected chi connectivity index (χ3v) is 4.38. The zero-order valence-corrected chi connectivity index (χ0v) is 16.5. The maximum Gasteiger partial charge on any atom is 0.416 e. The number of benzene rings is 1. The molecule has 0 radical (unpaired) electrons. The van der Waals surface area contributed by atoms with E-state index in [1.165, 1.54) is 12.1 Å². The van der Waals surface area contributed by atoms with Crippen LogP contribution in [0.3, 0.4) is 0 Å². The fourth-order valence-electron chi connectivity index (χ4n) is 2.75. The highest BCUT2D eigenvalue weighted by molar-refractivity contribution is 5.64. The van der Waals surface area contributed by atoms with Gasteiger partial charge in [-0.3, -0.25) is 5.10 Å². The summed E-state index contributed by atoms with van der Waals surface area (Å²) in [5.74, 6) is 2.13. The summed E-state index contributed by atoms with van der Waals surface area (Å²) in [6.45, 7) is 4.80. The van der Waals surface area contributed by atoms with Crippen LogP contribution in [0.1, 0.15) is 31.0 Å². The van der Waals surface area contributed by atoms with Crippen molar-refractivity contribution in [3.63, 3.8) is 0 Å². The maximum absolute atomic E-state index is 12.9. The van der Waals surface area contributed by atoms with Crippen molar-refractivity contribution in [3.05, 3.63) is 47.7 Å². The van der Waals surface area contributed by atoms with Crippen LogP contribution in [-0.2, 0) is 6.18 Å². The summed E-state index contributed by atoms with van der Waals surface area (Å²) in [4.78, 5) is 11.0. The smallest absolute Gasteiger partial charge is 0.359 e. The van der Waals surface area contributed by atoms with Crippen molar-refractivity contribution in [2.75, 3.05) is 23.8 Å². The van der Waals surface area contributed by atoms with Gasteiger partial charge in [0, 0.05) is 37.0 Å². The quantitative estimate of drug-likeness (QED) is 0.568. The number of unbranched alkanes of at least 4 members (excludes halogenated alkanes) is 1. The maximum atomic E-state index is 12.9. The number of nitrogens with zero attached hydrogens (tertiary/aromatic N) is 4. The number of aryl methyl sites for hydroxylation is 1. The molecule has 0 aliphatic rings. The monoisotopic (exact) mass is 404 g/mol. The molecular weight excluding hydrogens is 381 g/mol. The molecule has 6 nitrogen and oxygen atoms in total. The van der Waals surface area contributed by atoms with Gasteiger partial charge in [0.05, 0.1) is 5.56 Å². The van der Waals surface area contributed by atoms with Crippen molar-refractivity contribution in [2.45, 2.75) is 32.9 Å². The summed E-state index contributed by atoms with van der Waals surface area (Å²) in [5.41, 5.74) is 0.692. The van der Waals surface area contributed by atoms with Gasteiger partial charge in [-0.05, 0) is 25.5 Å². The lowest BCUT2D eigenvalue weighted by molar-refractivity contribution is -0.137. The molecule has 0 saturated heterocycles. The number of anilines is 3. The van der Waals surface area contributed by atoms with Crippen molar-refractivity contribution in [3.8, 4) is 11.4 Å². The summed E-state index contributed by atoms with van der Waals surface area (Å²) in [5, 5.41) is 10.1. The van der Waals surface area contributed by atoms with Gasteiger partial charge in [-0.1, -0.05) is 25.5 Å². The van der Waals surface area contributed by atoms with E-state index in [2.05, 4.69) is 32.4 Å². The van der Waals surface area contributed by atoms with Gasteiger partial charge in [0.25, 0.3) is 0 Å². The number of nitrogens with one attached hydrogen (secondary N) is 2. The number of aromatic nitrogens is 4. The SMILES string of the molecule is CCCCN(C)c1cc(Nc2cc(C)[nH]n2)nc(-c2ccc(C(F)(F)F)cc2)n1. The summed E-state index contributed by atoms with van der Waals surface area (Å²) >= 11 is 0. The first-order chi connectivity index (χ1) is 13.8. The van der Waals surface area contributed by atoms with Crippen LogP contribution < -0.4 is 10.2 Å². The molecule has 0 atom stereocenters. The number of alkyl halides is 3. The number of aromatic amines is 1. The van der Waals surface area contributed by atoms with Gasteiger partial charge in [0.1, 0.15) is 11.6 Å². The Morgan fingerprint density at radius 3 is 2.38 bits per heavy atom. The Morgan fingerprint density at radius 2 is 1.79 bits per heavy atom. The lowest BCUT2D eigenvalue weighted by Crippen LogP contribution is -2.20. The number of rotatable bonds is 7. The molecule has 2 aromatic heterocycles. The lowest BCUT2D eigenvalue weighted by atomic mass is 10.1. The Bertz CT molecular complexity index is 950. The van der Waals surface area contributed by atoms with Gasteiger partial charge in [-0.15, -0.1) is 0 Å². The second-order valence-corrected chi connectivity index (χ2v) is 6.85. The zero-order valence-electron chi connectivity index (χ0n) is 16.5. The van der Waals surface area contributed by atoms with Crippen LogP contribution in [0.4, 0.5) is 30.6 Å². The first-order valence-corrected chi connectivity index (χ1v) is 9.33. The van der Waals surface area contributed by atoms with Gasteiger partial charge in [0.2, 0.25) is 0 Å². The van der Waals surface area contributed by atoms with Crippen LogP contribution in [0.15, 0.2) is 36.4 Å². The Morgan fingerprint density at radius 1 is 1.07 bits per heavy atom. The molecule has 0 unspecified atom stereocenters. The van der Waals surface area contributed by atoms with Gasteiger partial charge in [-0.25, -0.2) is 9.97 Å². The second kappa shape index (κ2) is 8.50. The molecule has 0 aliphatic heterocycles. The molecule has 0 spiro atoms. The molecule has 9 heteroatoms. The number of H-pyrrole nitrogens is 1. The van der Waals surface area contributed by atoms with Crippen molar-refractivity contribution in [1.29, 1.82) is 0 Å². The average molecular weight is 404 g/mol. The van der Waals surface area contributed by atoms with Crippen LogP contribution in [0.2, 0.25) is 0 Å². The predicted molar refractivity (Wildman–Crippen MR) is 107 cm³/mol. The van der Waals surface area contributed by atoms with E-state index in [0.717, 1.165) is 37.2 Å². The molecule has 0 aliphatic carbocycles. The van der Waals surface area contributed by atoms with E-state index in [4.69, 9.17) is 0 Å². The Hall–Kier alpha value is -3.10. The van der Waals surface area contributed by atoms with Gasteiger partial charge < -0.3 is 10.2 Å². The largest absolute Gasteiger partial charge is 0.416 e. The topological polar surface area (TPSA) is 69.7 Å². The van der Waals surface area contributed by atoms with Crippen LogP contribution >= 0.6 is 0 Å². The first kappa shape index (κ1) is 20.6. The summed E-state index contributed by atoms with van der Waals surface area (Å²) in [7, 11) is 1.93. The fraction of sp³-hybridized carbons (Fsp3) is 0.350. The van der Waals surface area contributed by atoms with E-state index in [1.54, 1.807) is 6.07 Å². The van der Waals surface area contributed by atoms with E-state index in [1.807, 2.05) is 24.9 Å². The molecule has 2 heterocycles. The minimum absolute atomic E-state index is 0.342. The fourth-order valence-corrected chi connectivity index (χ4v) is 2.75. The molecule has 3 rings (SSSR count). The standard InChI is InChI=1S/C20H23F3N6/c1-4-5-10-29(3)18-12-16(24-17-11-13(2)27-28-17)25-19(26-18)14-6-8-15(9-7-14)20(21,22)23/h6-9,11-12H,4-5,10H2,1-3H3,(H2,24,25,26,27,28). The highest BCUT2D eigenvalue weighted by atomic mass is 19.4. The molecule has 0 fully saturated rings. The lowest BCUT2D eigenvalue weighted by Gasteiger charge is -2.19. The van der Waals surface area contributed by atoms with E-state index < -0.39 is 11.7 Å². The molecule has 2 N–H and O–H groups in total. The highest BCUT2D eigenvalue weighted by Crippen LogP contribution is 2.31. The van der Waals surface area contributed by atoms with E-state index in [9.17, 15) is 13.2 Å². The molecule has 154 valence electrons. The van der Waals surface area contributed by atoms with Crippen molar-refractivity contribution < 1.29 is 13.2 Å². The third-order valence-electron chi connectivity index (χ3n) is 4.38. The molecule has 0 bridgehead atoms. The summed E-state index contributed by atoms with van der Waals surface area (Å²) in [6.07, 6.45) is -2.34. The Balaban J connectivity index is 1.97. The van der Waals surface area contributed by atoms with E-state index in [-0.39, 0.29) is 0 Å². The molecule has 0 saturated carbocycles. The van der Waals surface area contributed by atoms with Crippen LogP contribution in [0, 0.1) is 6.92 Å². The molecule has 3 aromatic rings. The van der Waals surface area contributed by atoms with E-state index in [0.29, 0.717) is 28.8 Å². The Labute approximate surface area is 167 Å². The van der Waals surface area contributed by atoms with Crippen molar-refractivity contribution >= 4 is 17.5 Å². The first-order valence-electron chi connectivity index (χ1n) is 9.33. The highest BCUT2D eigenvalue weighted by Gasteiger charge is 2.30. The predicted octanol–water partition coefficient (Wildman–Crippen LogP) is 5.17. The van der Waals surface area contributed by atoms with Crippen molar-refractivity contribution in [1.82, 2.24) is 20.2 Å². The Kier molecular flexibility index (Phi) is 6.05. The molecular formula is C20H23F3N6. The average Bonchev–Trinajstić information content (AvgIpc) is 3.09. The minimum atomic E-state index is -4.38. The van der Waals surface area contributed by atoms with Crippen LogP contribution in [-0.4, -0.2) is 33.8 Å². The normalized spacial score (nSPS) is 11.5. The van der Waals surface area contributed by atoms with Gasteiger partial charge in [0.15, 0.2) is 11.6 Å². The minimum Gasteiger partial charge on any atom is -0.359 e. The van der Waals surface area contributed by atoms with Crippen molar-refractivity contribution in [2.24, 2.45) is 0 Å². The summed E-state index contributed by atoms with van der Waals surface area (Å²) in [6, 6.07) is 8.48. The van der Waals surface area contributed by atoms with Crippen LogP contribution in [0.5, 0.6) is 0 Å². The van der Waals surface area contributed by atoms with Gasteiger partial charge >= 0.3 is 6.18 Å². The second-order valence-electron chi connectivity index (χ2n) is 6.85. The number of hydrogen-bond acceptors (Lipinski definition) is 5.